The summed E-state index contributed by atoms with van der Waals surface area (Å²) in [6.07, 6.45) is 1.32. The van der Waals surface area contributed by atoms with Crippen molar-refractivity contribution in [2.24, 2.45) is 0 Å². The van der Waals surface area contributed by atoms with Crippen molar-refractivity contribution in [2.45, 2.75) is 13.8 Å². The molecule has 0 fully saturated rings. The summed E-state index contributed by atoms with van der Waals surface area (Å²) in [4.78, 5) is 28.2. The summed E-state index contributed by atoms with van der Waals surface area (Å²) in [7, 11) is 0. The van der Waals surface area contributed by atoms with Crippen molar-refractivity contribution < 1.29 is 14.7 Å². The molecule has 1 heterocycles. The van der Waals surface area contributed by atoms with Crippen LogP contribution in [0.3, 0.4) is 0 Å². The van der Waals surface area contributed by atoms with E-state index in [4.69, 9.17) is 5.11 Å². The molecule has 0 spiro atoms. The maximum Gasteiger partial charge on any atom is 0.354 e. The lowest BCUT2D eigenvalue weighted by Gasteiger charge is -2.21. The number of likely N-dealkylation sites (N-methyl/N-ethyl adjacent to an activating group) is 1. The van der Waals surface area contributed by atoms with Gasteiger partial charge in [-0.2, -0.15) is 0 Å². The summed E-state index contributed by atoms with van der Waals surface area (Å²) in [5.41, 5.74) is 1.07. The van der Waals surface area contributed by atoms with Gasteiger partial charge in [0.15, 0.2) is 0 Å². The third kappa shape index (κ3) is 3.41. The Bertz CT molecular complexity index is 483. The molecule has 0 saturated heterocycles. The lowest BCUT2D eigenvalue weighted by atomic mass is 10.2. The van der Waals surface area contributed by atoms with E-state index in [1.807, 2.05) is 13.8 Å². The van der Waals surface area contributed by atoms with Crippen molar-refractivity contribution in [1.82, 2.24) is 9.88 Å². The Kier molecular flexibility index (Phi) is 4.59. The second-order valence-corrected chi connectivity index (χ2v) is 4.01. The van der Waals surface area contributed by atoms with Gasteiger partial charge in [0.1, 0.15) is 5.69 Å². The molecule has 0 unspecified atom stereocenters. The fraction of sp³-hybridized carbons (Fsp3) is 0.308. The van der Waals surface area contributed by atoms with Crippen LogP contribution in [-0.2, 0) is 0 Å². The molecule has 0 atom stereocenters. The Balaban J connectivity index is 2.98. The molecule has 18 heavy (non-hydrogen) atoms. The van der Waals surface area contributed by atoms with E-state index in [0.717, 1.165) is 5.57 Å². The maximum atomic E-state index is 12.2. The lowest BCUT2D eigenvalue weighted by molar-refractivity contribution is 0.0690. The summed E-state index contributed by atoms with van der Waals surface area (Å²) in [6.45, 7) is 8.46. The number of carbonyl (C=O) groups excluding carboxylic acids is 1. The van der Waals surface area contributed by atoms with E-state index >= 15 is 0 Å². The number of nitrogens with zero attached hydrogens (tertiary/aromatic N) is 2. The molecule has 96 valence electrons. The van der Waals surface area contributed by atoms with E-state index in [1.54, 1.807) is 4.90 Å². The van der Waals surface area contributed by atoms with Crippen molar-refractivity contribution in [2.75, 3.05) is 13.1 Å². The van der Waals surface area contributed by atoms with E-state index in [2.05, 4.69) is 11.6 Å². The summed E-state index contributed by atoms with van der Waals surface area (Å²) in [6, 6.07) is 2.79. The van der Waals surface area contributed by atoms with Crippen molar-refractivity contribution in [3.8, 4) is 0 Å². The number of carboxylic acids is 1. The van der Waals surface area contributed by atoms with Gasteiger partial charge in [0.2, 0.25) is 0 Å². The molecular formula is C13H16N2O3. The molecule has 1 N–H and O–H groups in total. The van der Waals surface area contributed by atoms with Crippen molar-refractivity contribution in [3.63, 3.8) is 0 Å². The van der Waals surface area contributed by atoms with Gasteiger partial charge >= 0.3 is 5.97 Å². The van der Waals surface area contributed by atoms with E-state index in [9.17, 15) is 9.59 Å². The highest BCUT2D eigenvalue weighted by molar-refractivity contribution is 5.96. The van der Waals surface area contributed by atoms with Crippen molar-refractivity contribution in [1.29, 1.82) is 0 Å². The van der Waals surface area contributed by atoms with E-state index < -0.39 is 5.97 Å². The van der Waals surface area contributed by atoms with Gasteiger partial charge in [-0.3, -0.25) is 4.79 Å². The van der Waals surface area contributed by atoms with E-state index in [-0.39, 0.29) is 11.6 Å². The molecule has 0 aliphatic rings. The van der Waals surface area contributed by atoms with Gasteiger partial charge in [0.25, 0.3) is 5.91 Å². The van der Waals surface area contributed by atoms with Gasteiger partial charge in [-0.25, -0.2) is 9.78 Å². The van der Waals surface area contributed by atoms with Crippen LogP contribution in [0.1, 0.15) is 34.7 Å². The first-order chi connectivity index (χ1) is 8.45. The van der Waals surface area contributed by atoms with Crippen LogP contribution in [0.4, 0.5) is 0 Å². The Labute approximate surface area is 106 Å². The number of carbonyl (C=O) groups is 2. The Morgan fingerprint density at radius 2 is 2.17 bits per heavy atom. The zero-order chi connectivity index (χ0) is 13.7. The van der Waals surface area contributed by atoms with Gasteiger partial charge in [0.05, 0.1) is 0 Å². The van der Waals surface area contributed by atoms with Crippen LogP contribution in [-0.4, -0.2) is 40.0 Å². The summed E-state index contributed by atoms with van der Waals surface area (Å²) in [5.74, 6) is -1.36. The Morgan fingerprint density at radius 3 is 2.67 bits per heavy atom. The largest absolute Gasteiger partial charge is 0.477 e. The minimum atomic E-state index is -1.15. The number of rotatable bonds is 5. The monoisotopic (exact) mass is 248 g/mol. The van der Waals surface area contributed by atoms with Crippen LogP contribution in [0.25, 0.3) is 0 Å². The fourth-order valence-corrected chi connectivity index (χ4v) is 1.52. The normalized spacial score (nSPS) is 9.89. The number of carboxylic acid groups (broad SMARTS) is 1. The lowest BCUT2D eigenvalue weighted by Crippen LogP contribution is -2.32. The molecular weight excluding hydrogens is 232 g/mol. The first kappa shape index (κ1) is 13.9. The minimum Gasteiger partial charge on any atom is -0.477 e. The third-order valence-corrected chi connectivity index (χ3v) is 2.36. The average molecular weight is 248 g/mol. The maximum absolute atomic E-state index is 12.2. The molecule has 5 heteroatoms. The SMILES string of the molecule is C=C(C)CN(CC)C(=O)c1ccnc(C(=O)O)c1. The molecule has 0 aromatic carbocycles. The van der Waals surface area contributed by atoms with Gasteiger partial charge < -0.3 is 10.0 Å². The zero-order valence-electron chi connectivity index (χ0n) is 10.5. The predicted molar refractivity (Wildman–Crippen MR) is 67.6 cm³/mol. The number of hydrogen-bond acceptors (Lipinski definition) is 3. The summed E-state index contributed by atoms with van der Waals surface area (Å²) < 4.78 is 0. The van der Waals surface area contributed by atoms with Crippen LogP contribution in [0.15, 0.2) is 30.5 Å². The van der Waals surface area contributed by atoms with Gasteiger partial charge in [-0.05, 0) is 26.0 Å². The Hall–Kier alpha value is -2.17. The summed E-state index contributed by atoms with van der Waals surface area (Å²) >= 11 is 0. The van der Waals surface area contributed by atoms with Crippen LogP contribution >= 0.6 is 0 Å². The first-order valence-corrected chi connectivity index (χ1v) is 5.58. The predicted octanol–water partition coefficient (Wildman–Crippen LogP) is 1.82. The van der Waals surface area contributed by atoms with Crippen LogP contribution in [0, 0.1) is 0 Å². The average Bonchev–Trinajstić information content (AvgIpc) is 2.35. The number of aromatic carboxylic acids is 1. The van der Waals surface area contributed by atoms with E-state index in [1.165, 1.54) is 18.3 Å². The topological polar surface area (TPSA) is 70.5 Å². The van der Waals surface area contributed by atoms with Crippen LogP contribution in [0.5, 0.6) is 0 Å². The Morgan fingerprint density at radius 1 is 1.50 bits per heavy atom. The molecule has 1 aromatic heterocycles. The standard InChI is InChI=1S/C13H16N2O3/c1-4-15(8-9(2)3)12(16)10-5-6-14-11(7-10)13(17)18/h5-7H,2,4,8H2,1,3H3,(H,17,18). The fourth-order valence-electron chi connectivity index (χ4n) is 1.52. The number of hydrogen-bond donors (Lipinski definition) is 1. The molecule has 1 aromatic rings. The zero-order valence-corrected chi connectivity index (χ0v) is 10.5. The van der Waals surface area contributed by atoms with Gasteiger partial charge in [-0.1, -0.05) is 12.2 Å². The van der Waals surface area contributed by atoms with Crippen LogP contribution < -0.4 is 0 Å². The smallest absolute Gasteiger partial charge is 0.354 e. The molecule has 1 rings (SSSR count). The van der Waals surface area contributed by atoms with Crippen molar-refractivity contribution >= 4 is 11.9 Å². The molecule has 0 bridgehead atoms. The molecule has 0 radical (unpaired) electrons. The second kappa shape index (κ2) is 5.95. The quantitative estimate of drug-likeness (QED) is 0.807. The van der Waals surface area contributed by atoms with Gasteiger partial charge in [0, 0.05) is 24.8 Å². The molecule has 0 saturated carbocycles. The van der Waals surface area contributed by atoms with E-state index in [0.29, 0.717) is 18.7 Å². The molecule has 0 aliphatic carbocycles. The summed E-state index contributed by atoms with van der Waals surface area (Å²) in [5, 5.41) is 8.83. The minimum absolute atomic E-state index is 0.132. The van der Waals surface area contributed by atoms with Crippen LogP contribution in [0.2, 0.25) is 0 Å². The number of pyridine rings is 1. The highest BCUT2D eigenvalue weighted by Gasteiger charge is 2.16. The molecule has 5 nitrogen and oxygen atoms in total. The first-order valence-electron chi connectivity index (χ1n) is 5.58. The van der Waals surface area contributed by atoms with Gasteiger partial charge in [-0.15, -0.1) is 0 Å². The highest BCUT2D eigenvalue weighted by Crippen LogP contribution is 2.08. The van der Waals surface area contributed by atoms with Crippen molar-refractivity contribution in [3.05, 3.63) is 41.7 Å². The molecule has 1 amide bonds. The molecule has 0 aliphatic heterocycles. The highest BCUT2D eigenvalue weighted by atomic mass is 16.4. The number of aromatic nitrogens is 1. The number of amides is 1. The second-order valence-electron chi connectivity index (χ2n) is 4.01. The third-order valence-electron chi connectivity index (χ3n) is 2.36.